The minimum atomic E-state index is 0.551. The van der Waals surface area contributed by atoms with E-state index in [9.17, 15) is 0 Å². The first-order valence-electron chi connectivity index (χ1n) is 13.6. The lowest BCUT2D eigenvalue weighted by molar-refractivity contribution is -0.129. The van der Waals surface area contributed by atoms with Crippen LogP contribution < -0.4 is 0 Å². The van der Waals surface area contributed by atoms with E-state index in [0.29, 0.717) is 10.8 Å². The predicted octanol–water partition coefficient (Wildman–Crippen LogP) is 8.01. The molecule has 3 saturated carbocycles. The molecule has 1 aliphatic heterocycles. The van der Waals surface area contributed by atoms with E-state index in [0.717, 1.165) is 54.0 Å². The Bertz CT molecular complexity index is 573. The molecule has 0 unspecified atom stereocenters. The lowest BCUT2D eigenvalue weighted by Crippen LogP contribution is -2.61. The van der Waals surface area contributed by atoms with Gasteiger partial charge < -0.3 is 0 Å². The molecule has 2 heteroatoms. The average molecular weight is 436 g/mol. The lowest BCUT2D eigenvalue weighted by Gasteiger charge is -2.62. The van der Waals surface area contributed by atoms with Crippen molar-refractivity contribution in [2.45, 2.75) is 111 Å². The smallest absolute Gasteiger partial charge is 0.0351 e. The molecule has 0 radical (unpaired) electrons. The van der Waals surface area contributed by atoms with Gasteiger partial charge in [-0.15, -0.1) is 11.6 Å². The SMILES string of the molecule is CC(C)CCC[C@@H](C)[C@H]1CC[C@H]2[C@@H]3CC[C@H]4N(CCCl)CCC[C@]4(C)[C@H]3CC[C@]12C. The van der Waals surface area contributed by atoms with Crippen molar-refractivity contribution in [1.29, 1.82) is 0 Å². The van der Waals surface area contributed by atoms with E-state index in [4.69, 9.17) is 11.6 Å². The Kier molecular flexibility index (Phi) is 7.21. The molecule has 0 amide bonds. The third kappa shape index (κ3) is 4.02. The quantitative estimate of drug-likeness (QED) is 0.366. The number of hydrogen-bond donors (Lipinski definition) is 0. The van der Waals surface area contributed by atoms with Crippen LogP contribution in [-0.4, -0.2) is 29.9 Å². The highest BCUT2D eigenvalue weighted by Gasteiger charge is 2.60. The number of likely N-dealkylation sites (tertiary alicyclic amines) is 1. The fourth-order valence-electron chi connectivity index (χ4n) is 9.61. The minimum absolute atomic E-state index is 0.551. The third-order valence-electron chi connectivity index (χ3n) is 11.0. The van der Waals surface area contributed by atoms with E-state index < -0.39 is 0 Å². The van der Waals surface area contributed by atoms with Gasteiger partial charge in [0.1, 0.15) is 0 Å². The molecule has 0 N–H and O–H groups in total. The molecule has 3 aliphatic carbocycles. The highest BCUT2D eigenvalue weighted by molar-refractivity contribution is 6.18. The van der Waals surface area contributed by atoms with Crippen LogP contribution in [0.4, 0.5) is 0 Å². The summed E-state index contributed by atoms with van der Waals surface area (Å²) in [5, 5.41) is 0. The first kappa shape index (κ1) is 23.4. The normalized spacial score (nSPS) is 45.1. The van der Waals surface area contributed by atoms with Crippen molar-refractivity contribution < 1.29 is 0 Å². The van der Waals surface area contributed by atoms with Crippen LogP contribution >= 0.6 is 11.6 Å². The van der Waals surface area contributed by atoms with Crippen molar-refractivity contribution in [3.05, 3.63) is 0 Å². The van der Waals surface area contributed by atoms with Gasteiger partial charge in [-0.05, 0) is 104 Å². The molecule has 0 bridgehead atoms. The summed E-state index contributed by atoms with van der Waals surface area (Å²) in [5.74, 6) is 6.57. The fourth-order valence-corrected chi connectivity index (χ4v) is 9.82. The van der Waals surface area contributed by atoms with Gasteiger partial charge in [0.2, 0.25) is 0 Å². The van der Waals surface area contributed by atoms with Gasteiger partial charge in [0.05, 0.1) is 0 Å². The molecule has 8 atom stereocenters. The van der Waals surface area contributed by atoms with E-state index in [1.54, 1.807) is 0 Å². The van der Waals surface area contributed by atoms with E-state index in [-0.39, 0.29) is 0 Å². The van der Waals surface area contributed by atoms with E-state index >= 15 is 0 Å². The van der Waals surface area contributed by atoms with Crippen molar-refractivity contribution in [2.75, 3.05) is 19.0 Å². The number of halogens is 1. The maximum absolute atomic E-state index is 6.20. The summed E-state index contributed by atoms with van der Waals surface area (Å²) in [6, 6.07) is 0.808. The van der Waals surface area contributed by atoms with Crippen LogP contribution in [0.25, 0.3) is 0 Å². The summed E-state index contributed by atoms with van der Waals surface area (Å²) in [6.07, 6.45) is 16.2. The summed E-state index contributed by atoms with van der Waals surface area (Å²) >= 11 is 6.20. The molecule has 0 aromatic heterocycles. The molecule has 30 heavy (non-hydrogen) atoms. The lowest BCUT2D eigenvalue weighted by atomic mass is 9.46. The van der Waals surface area contributed by atoms with Crippen LogP contribution in [0, 0.1) is 46.3 Å². The molecule has 0 aromatic carbocycles. The number of alkyl halides is 1. The van der Waals surface area contributed by atoms with Gasteiger partial charge in [0.25, 0.3) is 0 Å². The van der Waals surface area contributed by atoms with Gasteiger partial charge in [0.15, 0.2) is 0 Å². The van der Waals surface area contributed by atoms with Crippen LogP contribution in [0.1, 0.15) is 105 Å². The standard InChI is InChI=1S/C28H50ClN/c1-20(2)8-6-9-21(3)23-11-12-24-22-10-13-26-28(5,15-7-18-30(26)19-17-29)25(22)14-16-27(23,24)4/h20-26H,6-19H2,1-5H3/t21-,22+,23-,24+,25+,26-,27-,28-/m1/s1. The highest BCUT2D eigenvalue weighted by Crippen LogP contribution is 2.67. The summed E-state index contributed by atoms with van der Waals surface area (Å²) in [5.41, 5.74) is 1.18. The summed E-state index contributed by atoms with van der Waals surface area (Å²) in [6.45, 7) is 15.2. The molecular weight excluding hydrogens is 386 g/mol. The molecular formula is C28H50ClN. The van der Waals surface area contributed by atoms with Gasteiger partial charge in [-0.2, -0.15) is 0 Å². The molecule has 174 valence electrons. The Morgan fingerprint density at radius 1 is 0.900 bits per heavy atom. The molecule has 1 saturated heterocycles. The second-order valence-electron chi connectivity index (χ2n) is 12.8. The zero-order valence-corrected chi connectivity index (χ0v) is 21.5. The molecule has 0 aromatic rings. The maximum Gasteiger partial charge on any atom is 0.0351 e. The average Bonchev–Trinajstić information content (AvgIpc) is 3.05. The number of piperidine rings is 1. The zero-order valence-electron chi connectivity index (χ0n) is 20.8. The zero-order chi connectivity index (χ0) is 21.5. The first-order chi connectivity index (χ1) is 14.3. The highest BCUT2D eigenvalue weighted by atomic mass is 35.5. The third-order valence-corrected chi connectivity index (χ3v) is 11.2. The Balaban J connectivity index is 1.47. The van der Waals surface area contributed by atoms with Crippen molar-refractivity contribution >= 4 is 11.6 Å². The van der Waals surface area contributed by atoms with E-state index in [1.807, 2.05) is 0 Å². The van der Waals surface area contributed by atoms with E-state index in [2.05, 4.69) is 39.5 Å². The fraction of sp³-hybridized carbons (Fsp3) is 1.00. The number of fused-ring (bicyclic) bond motifs is 5. The summed E-state index contributed by atoms with van der Waals surface area (Å²) in [7, 11) is 0. The van der Waals surface area contributed by atoms with Crippen LogP contribution in [0.5, 0.6) is 0 Å². The van der Waals surface area contributed by atoms with Crippen LogP contribution in [-0.2, 0) is 0 Å². The molecule has 4 fully saturated rings. The van der Waals surface area contributed by atoms with Gasteiger partial charge in [-0.3, -0.25) is 4.90 Å². The minimum Gasteiger partial charge on any atom is -0.299 e. The molecule has 4 rings (SSSR count). The molecule has 0 spiro atoms. The predicted molar refractivity (Wildman–Crippen MR) is 131 cm³/mol. The van der Waals surface area contributed by atoms with Crippen molar-refractivity contribution in [3.63, 3.8) is 0 Å². The van der Waals surface area contributed by atoms with Crippen LogP contribution in [0.15, 0.2) is 0 Å². The Morgan fingerprint density at radius 2 is 1.67 bits per heavy atom. The second-order valence-corrected chi connectivity index (χ2v) is 13.2. The molecule has 1 nitrogen and oxygen atoms in total. The maximum atomic E-state index is 6.20. The largest absolute Gasteiger partial charge is 0.299 e. The van der Waals surface area contributed by atoms with Crippen molar-refractivity contribution in [2.24, 2.45) is 46.3 Å². The van der Waals surface area contributed by atoms with E-state index in [1.165, 1.54) is 77.2 Å². The summed E-state index contributed by atoms with van der Waals surface area (Å²) in [4.78, 5) is 2.79. The first-order valence-corrected chi connectivity index (χ1v) is 14.1. The van der Waals surface area contributed by atoms with Gasteiger partial charge in [0, 0.05) is 18.5 Å². The summed E-state index contributed by atoms with van der Waals surface area (Å²) < 4.78 is 0. The van der Waals surface area contributed by atoms with Crippen molar-refractivity contribution in [1.82, 2.24) is 4.90 Å². The number of hydrogen-bond acceptors (Lipinski definition) is 1. The Labute approximate surface area is 193 Å². The Morgan fingerprint density at radius 3 is 2.40 bits per heavy atom. The van der Waals surface area contributed by atoms with Gasteiger partial charge in [-0.25, -0.2) is 0 Å². The number of nitrogens with zero attached hydrogens (tertiary/aromatic N) is 1. The number of rotatable bonds is 7. The topological polar surface area (TPSA) is 3.24 Å². The van der Waals surface area contributed by atoms with Crippen LogP contribution in [0.3, 0.4) is 0 Å². The molecule has 4 aliphatic rings. The molecule has 1 heterocycles. The van der Waals surface area contributed by atoms with Gasteiger partial charge >= 0.3 is 0 Å². The van der Waals surface area contributed by atoms with Gasteiger partial charge in [-0.1, -0.05) is 53.9 Å². The Hall–Kier alpha value is 0.250. The monoisotopic (exact) mass is 435 g/mol. The van der Waals surface area contributed by atoms with Crippen LogP contribution in [0.2, 0.25) is 0 Å². The van der Waals surface area contributed by atoms with Crippen molar-refractivity contribution in [3.8, 4) is 0 Å². The second kappa shape index (κ2) is 9.24.